The quantitative estimate of drug-likeness (QED) is 0.491. The van der Waals surface area contributed by atoms with Crippen LogP contribution in [0.3, 0.4) is 0 Å². The van der Waals surface area contributed by atoms with Crippen LogP contribution in [0.2, 0.25) is 0 Å². The minimum absolute atomic E-state index is 0.447. The SMILES string of the molecule is CC(C)(C)C(=O)OC[C@@H](O)[C@@H]1O[C@@H](OC(=O)C(C)(C)C)[C@H](OC(=O)C(C)(C)C)[C@H]1O. The summed E-state index contributed by atoms with van der Waals surface area (Å²) >= 11 is 0. The molecule has 1 fully saturated rings. The molecule has 9 nitrogen and oxygen atoms in total. The Morgan fingerprint density at radius 2 is 1.27 bits per heavy atom. The minimum Gasteiger partial charge on any atom is -0.462 e. The molecule has 174 valence electrons. The highest BCUT2D eigenvalue weighted by Gasteiger charge is 2.52. The molecule has 0 spiro atoms. The lowest BCUT2D eigenvalue weighted by Crippen LogP contribution is -2.45. The minimum atomic E-state index is -1.50. The summed E-state index contributed by atoms with van der Waals surface area (Å²) in [4.78, 5) is 36.6. The molecule has 0 saturated carbocycles. The summed E-state index contributed by atoms with van der Waals surface area (Å²) < 4.78 is 21.3. The zero-order valence-corrected chi connectivity index (χ0v) is 19.3. The third-order valence-electron chi connectivity index (χ3n) is 4.30. The summed E-state index contributed by atoms with van der Waals surface area (Å²) in [6.45, 7) is 14.3. The molecule has 0 bridgehead atoms. The Balaban J connectivity index is 2.98. The Bertz CT molecular complexity index is 636. The van der Waals surface area contributed by atoms with E-state index in [9.17, 15) is 24.6 Å². The lowest BCUT2D eigenvalue weighted by Gasteiger charge is -2.26. The van der Waals surface area contributed by atoms with Crippen LogP contribution in [0.15, 0.2) is 0 Å². The van der Waals surface area contributed by atoms with E-state index in [0.29, 0.717) is 0 Å². The number of esters is 3. The van der Waals surface area contributed by atoms with E-state index in [1.54, 1.807) is 62.3 Å². The maximum atomic E-state index is 12.3. The zero-order chi connectivity index (χ0) is 23.7. The van der Waals surface area contributed by atoms with Crippen LogP contribution in [-0.4, -0.2) is 65.4 Å². The van der Waals surface area contributed by atoms with E-state index in [0.717, 1.165) is 0 Å². The molecule has 1 aliphatic heterocycles. The molecule has 30 heavy (non-hydrogen) atoms. The molecule has 1 saturated heterocycles. The lowest BCUT2D eigenvalue weighted by molar-refractivity contribution is -0.210. The molecule has 0 unspecified atom stereocenters. The van der Waals surface area contributed by atoms with Gasteiger partial charge in [-0.25, -0.2) is 0 Å². The van der Waals surface area contributed by atoms with E-state index in [1.807, 2.05) is 0 Å². The Morgan fingerprint density at radius 3 is 1.70 bits per heavy atom. The zero-order valence-electron chi connectivity index (χ0n) is 19.3. The molecule has 1 aliphatic rings. The van der Waals surface area contributed by atoms with Crippen molar-refractivity contribution in [3.8, 4) is 0 Å². The number of rotatable bonds is 5. The van der Waals surface area contributed by atoms with Gasteiger partial charge in [0, 0.05) is 0 Å². The average Bonchev–Trinajstić information content (AvgIpc) is 2.86. The Labute approximate surface area is 178 Å². The monoisotopic (exact) mass is 432 g/mol. The standard InChI is InChI=1S/C21H36O9/c1-19(2,3)16(24)27-10-11(22)13-12(23)14(29-17(25)20(4,5)6)15(28-13)30-18(26)21(7,8)9/h11-15,22-23H,10H2,1-9H3/t11-,12+,13+,14-,15+/m1/s1. The second-order valence-corrected chi connectivity index (χ2v) is 10.7. The van der Waals surface area contributed by atoms with Crippen molar-refractivity contribution < 1.29 is 43.5 Å². The summed E-state index contributed by atoms with van der Waals surface area (Å²) in [6, 6.07) is 0. The lowest BCUT2D eigenvalue weighted by atomic mass is 9.96. The smallest absolute Gasteiger partial charge is 0.313 e. The molecule has 0 aliphatic carbocycles. The van der Waals surface area contributed by atoms with Gasteiger partial charge in [0.25, 0.3) is 0 Å². The topological polar surface area (TPSA) is 129 Å². The molecule has 1 rings (SSSR count). The second-order valence-electron chi connectivity index (χ2n) is 10.7. The maximum Gasteiger partial charge on any atom is 0.313 e. The number of carbonyl (C=O) groups is 3. The first-order valence-corrected chi connectivity index (χ1v) is 9.96. The Kier molecular flexibility index (Phi) is 8.07. The van der Waals surface area contributed by atoms with Crippen molar-refractivity contribution in [1.29, 1.82) is 0 Å². The second kappa shape index (κ2) is 9.20. The molecule has 0 radical (unpaired) electrons. The molecule has 0 aromatic carbocycles. The van der Waals surface area contributed by atoms with Crippen LogP contribution in [-0.2, 0) is 33.3 Å². The van der Waals surface area contributed by atoms with E-state index < -0.39 is 71.5 Å². The highest BCUT2D eigenvalue weighted by Crippen LogP contribution is 2.31. The van der Waals surface area contributed by atoms with Gasteiger partial charge < -0.3 is 29.2 Å². The third kappa shape index (κ3) is 6.92. The summed E-state index contributed by atoms with van der Waals surface area (Å²) in [6.07, 6.45) is -7.00. The fourth-order valence-corrected chi connectivity index (χ4v) is 2.25. The van der Waals surface area contributed by atoms with Crippen LogP contribution in [0, 0.1) is 16.2 Å². The van der Waals surface area contributed by atoms with Crippen molar-refractivity contribution in [2.75, 3.05) is 6.61 Å². The van der Waals surface area contributed by atoms with Gasteiger partial charge >= 0.3 is 17.9 Å². The molecular formula is C21H36O9. The summed E-state index contributed by atoms with van der Waals surface area (Å²) in [5, 5.41) is 21.1. The van der Waals surface area contributed by atoms with Gasteiger partial charge in [-0.05, 0) is 62.3 Å². The molecule has 9 heteroatoms. The van der Waals surface area contributed by atoms with Gasteiger partial charge in [0.1, 0.15) is 24.9 Å². The molecule has 1 heterocycles. The Hall–Kier alpha value is -1.71. The van der Waals surface area contributed by atoms with Crippen molar-refractivity contribution in [1.82, 2.24) is 0 Å². The van der Waals surface area contributed by atoms with E-state index in [2.05, 4.69) is 0 Å². The Morgan fingerprint density at radius 1 is 0.833 bits per heavy atom. The fraction of sp³-hybridized carbons (Fsp3) is 0.857. The fourth-order valence-electron chi connectivity index (χ4n) is 2.25. The van der Waals surface area contributed by atoms with Crippen LogP contribution in [0.25, 0.3) is 0 Å². The molecule has 0 amide bonds. The number of aliphatic hydroxyl groups is 2. The van der Waals surface area contributed by atoms with Gasteiger partial charge in [-0.3, -0.25) is 14.4 Å². The van der Waals surface area contributed by atoms with E-state index in [-0.39, 0.29) is 0 Å². The largest absolute Gasteiger partial charge is 0.462 e. The molecule has 5 atom stereocenters. The highest BCUT2D eigenvalue weighted by atomic mass is 16.7. The number of ether oxygens (including phenoxy) is 4. The van der Waals surface area contributed by atoms with Crippen LogP contribution in [0.1, 0.15) is 62.3 Å². The van der Waals surface area contributed by atoms with Gasteiger partial charge in [-0.2, -0.15) is 0 Å². The normalized spacial score (nSPS) is 26.1. The number of hydrogen-bond donors (Lipinski definition) is 2. The van der Waals surface area contributed by atoms with Gasteiger partial charge in [0.2, 0.25) is 6.29 Å². The van der Waals surface area contributed by atoms with Crippen LogP contribution in [0.4, 0.5) is 0 Å². The van der Waals surface area contributed by atoms with E-state index >= 15 is 0 Å². The summed E-state index contributed by atoms with van der Waals surface area (Å²) in [5.74, 6) is -1.81. The third-order valence-corrected chi connectivity index (χ3v) is 4.30. The van der Waals surface area contributed by atoms with Crippen molar-refractivity contribution in [3.63, 3.8) is 0 Å². The van der Waals surface area contributed by atoms with E-state index in [1.165, 1.54) is 0 Å². The van der Waals surface area contributed by atoms with Crippen molar-refractivity contribution in [2.45, 2.75) is 93.0 Å². The highest BCUT2D eigenvalue weighted by molar-refractivity contribution is 5.77. The predicted molar refractivity (Wildman–Crippen MR) is 106 cm³/mol. The number of carbonyl (C=O) groups excluding carboxylic acids is 3. The van der Waals surface area contributed by atoms with Gasteiger partial charge in [0.15, 0.2) is 6.10 Å². The first-order chi connectivity index (χ1) is 13.4. The van der Waals surface area contributed by atoms with Crippen molar-refractivity contribution in [3.05, 3.63) is 0 Å². The van der Waals surface area contributed by atoms with Crippen molar-refractivity contribution >= 4 is 17.9 Å². The summed E-state index contributed by atoms with van der Waals surface area (Å²) in [5.41, 5.74) is -2.52. The first kappa shape index (κ1) is 26.3. The van der Waals surface area contributed by atoms with Gasteiger partial charge in [-0.1, -0.05) is 0 Å². The van der Waals surface area contributed by atoms with E-state index in [4.69, 9.17) is 18.9 Å². The van der Waals surface area contributed by atoms with Crippen LogP contribution in [0.5, 0.6) is 0 Å². The molecular weight excluding hydrogens is 396 g/mol. The molecule has 0 aromatic rings. The molecule has 0 aromatic heterocycles. The summed E-state index contributed by atoms with van der Waals surface area (Å²) in [7, 11) is 0. The van der Waals surface area contributed by atoms with Gasteiger partial charge in [0.05, 0.1) is 16.2 Å². The first-order valence-electron chi connectivity index (χ1n) is 9.96. The van der Waals surface area contributed by atoms with Gasteiger partial charge in [-0.15, -0.1) is 0 Å². The number of aliphatic hydroxyl groups excluding tert-OH is 2. The number of hydrogen-bond acceptors (Lipinski definition) is 9. The molecule has 2 N–H and O–H groups in total. The van der Waals surface area contributed by atoms with Crippen LogP contribution < -0.4 is 0 Å². The average molecular weight is 433 g/mol. The van der Waals surface area contributed by atoms with Crippen molar-refractivity contribution in [2.24, 2.45) is 16.2 Å². The predicted octanol–water partition coefficient (Wildman–Crippen LogP) is 1.57. The van der Waals surface area contributed by atoms with Crippen LogP contribution >= 0.6 is 0 Å². The maximum absolute atomic E-state index is 12.3.